The molecule has 1 saturated heterocycles. The summed E-state index contributed by atoms with van der Waals surface area (Å²) in [7, 11) is -3.54. The van der Waals surface area contributed by atoms with E-state index in [9.17, 15) is 13.2 Å². The molecule has 0 spiro atoms. The SMILES string of the molecule is Cc1cc(C)c(S(=O)(=O)N2CCC(C(=O)NCc3cscn3)CC2)cc1C. The molecule has 0 saturated carbocycles. The highest BCUT2D eigenvalue weighted by atomic mass is 32.2. The van der Waals surface area contributed by atoms with Gasteiger partial charge in [-0.05, 0) is 56.4 Å². The van der Waals surface area contributed by atoms with E-state index in [0.29, 0.717) is 37.4 Å². The van der Waals surface area contributed by atoms with Crippen molar-refractivity contribution in [1.82, 2.24) is 14.6 Å². The number of hydrogen-bond acceptors (Lipinski definition) is 5. The predicted octanol–water partition coefficient (Wildman–Crippen LogP) is 2.79. The van der Waals surface area contributed by atoms with E-state index in [-0.39, 0.29) is 11.8 Å². The molecule has 146 valence electrons. The smallest absolute Gasteiger partial charge is 0.243 e. The van der Waals surface area contributed by atoms with E-state index < -0.39 is 10.0 Å². The third kappa shape index (κ3) is 4.39. The van der Waals surface area contributed by atoms with Gasteiger partial charge in [-0.2, -0.15) is 4.31 Å². The average molecular weight is 408 g/mol. The summed E-state index contributed by atoms with van der Waals surface area (Å²) in [5.74, 6) is -0.182. The first-order chi connectivity index (χ1) is 12.8. The molecule has 0 atom stereocenters. The Hall–Kier alpha value is -1.77. The van der Waals surface area contributed by atoms with Crippen molar-refractivity contribution in [2.45, 2.75) is 45.1 Å². The Morgan fingerprint density at radius 2 is 1.85 bits per heavy atom. The van der Waals surface area contributed by atoms with Crippen molar-refractivity contribution < 1.29 is 13.2 Å². The van der Waals surface area contributed by atoms with E-state index in [0.717, 1.165) is 22.4 Å². The molecule has 1 aromatic carbocycles. The van der Waals surface area contributed by atoms with Gasteiger partial charge in [-0.1, -0.05) is 6.07 Å². The summed E-state index contributed by atoms with van der Waals surface area (Å²) in [5.41, 5.74) is 5.40. The number of rotatable bonds is 5. The fourth-order valence-corrected chi connectivity index (χ4v) is 5.68. The molecular formula is C19H25N3O3S2. The fourth-order valence-electron chi connectivity index (χ4n) is 3.36. The number of aromatic nitrogens is 1. The molecule has 0 unspecified atom stereocenters. The molecule has 1 fully saturated rings. The fraction of sp³-hybridized carbons (Fsp3) is 0.474. The number of nitrogens with one attached hydrogen (secondary N) is 1. The first-order valence-corrected chi connectivity index (χ1v) is 11.4. The summed E-state index contributed by atoms with van der Waals surface area (Å²) in [5, 5.41) is 4.80. The first-order valence-electron chi connectivity index (χ1n) is 9.02. The van der Waals surface area contributed by atoms with Crippen LogP contribution in [0.25, 0.3) is 0 Å². The zero-order valence-corrected chi connectivity index (χ0v) is 17.5. The van der Waals surface area contributed by atoms with Crippen molar-refractivity contribution in [3.05, 3.63) is 45.4 Å². The van der Waals surface area contributed by atoms with E-state index in [4.69, 9.17) is 0 Å². The molecule has 2 aromatic rings. The number of thiazole rings is 1. The highest BCUT2D eigenvalue weighted by molar-refractivity contribution is 7.89. The number of benzene rings is 1. The summed E-state index contributed by atoms with van der Waals surface area (Å²) in [4.78, 5) is 16.9. The molecule has 0 radical (unpaired) electrons. The number of aryl methyl sites for hydroxylation is 3. The third-order valence-electron chi connectivity index (χ3n) is 5.16. The molecule has 6 nitrogen and oxygen atoms in total. The Morgan fingerprint density at radius 1 is 1.19 bits per heavy atom. The van der Waals surface area contributed by atoms with Crippen molar-refractivity contribution >= 4 is 27.3 Å². The van der Waals surface area contributed by atoms with Gasteiger partial charge in [0, 0.05) is 24.4 Å². The number of amides is 1. The summed E-state index contributed by atoms with van der Waals surface area (Å²) in [6.07, 6.45) is 1.07. The quantitative estimate of drug-likeness (QED) is 0.827. The summed E-state index contributed by atoms with van der Waals surface area (Å²) < 4.78 is 27.6. The minimum atomic E-state index is -3.54. The van der Waals surface area contributed by atoms with E-state index in [1.54, 1.807) is 11.6 Å². The maximum atomic E-state index is 13.0. The second-order valence-electron chi connectivity index (χ2n) is 7.08. The Balaban J connectivity index is 1.62. The molecule has 1 N–H and O–H groups in total. The number of carbonyl (C=O) groups excluding carboxylic acids is 1. The van der Waals surface area contributed by atoms with Gasteiger partial charge in [-0.3, -0.25) is 4.79 Å². The van der Waals surface area contributed by atoms with Gasteiger partial charge in [-0.15, -0.1) is 11.3 Å². The minimum absolute atomic E-state index is 0.0255. The molecular weight excluding hydrogens is 382 g/mol. The monoisotopic (exact) mass is 407 g/mol. The van der Waals surface area contributed by atoms with Crippen molar-refractivity contribution in [3.63, 3.8) is 0 Å². The van der Waals surface area contributed by atoms with E-state index in [1.165, 1.54) is 15.6 Å². The van der Waals surface area contributed by atoms with Crippen LogP contribution in [-0.2, 0) is 21.4 Å². The molecule has 3 rings (SSSR count). The Morgan fingerprint density at radius 3 is 2.48 bits per heavy atom. The van der Waals surface area contributed by atoms with Crippen LogP contribution in [-0.4, -0.2) is 36.7 Å². The Bertz CT molecular complexity index is 916. The van der Waals surface area contributed by atoms with Crippen LogP contribution in [0.2, 0.25) is 0 Å². The number of hydrogen-bond donors (Lipinski definition) is 1. The summed E-state index contributed by atoms with van der Waals surface area (Å²) >= 11 is 1.49. The number of piperidine rings is 1. The molecule has 1 aromatic heterocycles. The Labute approximate surface area is 164 Å². The Kier molecular flexibility index (Phi) is 5.98. The van der Waals surface area contributed by atoms with Gasteiger partial charge in [0.05, 0.1) is 22.6 Å². The molecule has 0 aliphatic carbocycles. The van der Waals surface area contributed by atoms with Gasteiger partial charge in [-0.25, -0.2) is 13.4 Å². The molecule has 8 heteroatoms. The van der Waals surface area contributed by atoms with Crippen molar-refractivity contribution in [2.75, 3.05) is 13.1 Å². The standard InChI is InChI=1S/C19H25N3O3S2/c1-13-8-15(3)18(9-14(13)2)27(24,25)22-6-4-16(5-7-22)19(23)20-10-17-11-26-12-21-17/h8-9,11-12,16H,4-7,10H2,1-3H3,(H,20,23). The molecule has 1 aliphatic rings. The molecule has 1 amide bonds. The molecule has 1 aliphatic heterocycles. The predicted molar refractivity (Wildman–Crippen MR) is 106 cm³/mol. The van der Waals surface area contributed by atoms with Crippen molar-refractivity contribution in [3.8, 4) is 0 Å². The zero-order chi connectivity index (χ0) is 19.6. The van der Waals surface area contributed by atoms with Gasteiger partial charge in [0.15, 0.2) is 0 Å². The number of sulfonamides is 1. The lowest BCUT2D eigenvalue weighted by molar-refractivity contribution is -0.126. The van der Waals surface area contributed by atoms with Crippen LogP contribution in [0.1, 0.15) is 35.2 Å². The van der Waals surface area contributed by atoms with Gasteiger partial charge in [0.1, 0.15) is 0 Å². The summed E-state index contributed by atoms with van der Waals surface area (Å²) in [6, 6.07) is 3.67. The number of carbonyl (C=O) groups is 1. The number of nitrogens with zero attached hydrogens (tertiary/aromatic N) is 2. The lowest BCUT2D eigenvalue weighted by atomic mass is 9.97. The van der Waals surface area contributed by atoms with Crippen LogP contribution in [0, 0.1) is 26.7 Å². The normalized spacial score (nSPS) is 16.4. The lowest BCUT2D eigenvalue weighted by Crippen LogP contribution is -2.43. The van der Waals surface area contributed by atoms with Crippen molar-refractivity contribution in [2.24, 2.45) is 5.92 Å². The maximum absolute atomic E-state index is 13.0. The minimum Gasteiger partial charge on any atom is -0.350 e. The van der Waals surface area contributed by atoms with Crippen LogP contribution in [0.15, 0.2) is 27.9 Å². The lowest BCUT2D eigenvalue weighted by Gasteiger charge is -2.31. The largest absolute Gasteiger partial charge is 0.350 e. The van der Waals surface area contributed by atoms with Crippen LogP contribution >= 0.6 is 11.3 Å². The average Bonchev–Trinajstić information content (AvgIpc) is 3.16. The van der Waals surface area contributed by atoms with Gasteiger partial charge >= 0.3 is 0 Å². The van der Waals surface area contributed by atoms with E-state index in [2.05, 4.69) is 10.3 Å². The maximum Gasteiger partial charge on any atom is 0.243 e. The van der Waals surface area contributed by atoms with Crippen LogP contribution in [0.5, 0.6) is 0 Å². The van der Waals surface area contributed by atoms with Gasteiger partial charge in [0.2, 0.25) is 15.9 Å². The van der Waals surface area contributed by atoms with Gasteiger partial charge < -0.3 is 5.32 Å². The first kappa shape index (κ1) is 20.0. The van der Waals surface area contributed by atoms with Crippen LogP contribution in [0.3, 0.4) is 0 Å². The highest BCUT2D eigenvalue weighted by Gasteiger charge is 2.33. The van der Waals surface area contributed by atoms with E-state index >= 15 is 0 Å². The van der Waals surface area contributed by atoms with Gasteiger partial charge in [0.25, 0.3) is 0 Å². The topological polar surface area (TPSA) is 79.4 Å². The second-order valence-corrected chi connectivity index (χ2v) is 9.70. The van der Waals surface area contributed by atoms with Crippen molar-refractivity contribution in [1.29, 1.82) is 0 Å². The van der Waals surface area contributed by atoms with E-state index in [1.807, 2.05) is 32.2 Å². The molecule has 27 heavy (non-hydrogen) atoms. The van der Waals surface area contributed by atoms with Crippen LogP contribution in [0.4, 0.5) is 0 Å². The van der Waals surface area contributed by atoms with Crippen LogP contribution < -0.4 is 5.32 Å². The zero-order valence-electron chi connectivity index (χ0n) is 15.9. The second kappa shape index (κ2) is 8.08. The molecule has 0 bridgehead atoms. The third-order valence-corrected chi connectivity index (χ3v) is 7.84. The highest BCUT2D eigenvalue weighted by Crippen LogP contribution is 2.27. The summed E-state index contributed by atoms with van der Waals surface area (Å²) in [6.45, 7) is 6.88. The molecule has 2 heterocycles.